The van der Waals surface area contributed by atoms with Crippen LogP contribution in [0.3, 0.4) is 0 Å². The number of hydrogen-bond acceptors (Lipinski definition) is 4. The van der Waals surface area contributed by atoms with Gasteiger partial charge in [0.25, 0.3) is 0 Å². The highest BCUT2D eigenvalue weighted by Gasteiger charge is 2.33. The Labute approximate surface area is 451 Å². The molecule has 7 rings (SSSR count). The fraction of sp³-hybridized carbons (Fsp3) is 0.446. The van der Waals surface area contributed by atoms with E-state index in [4.69, 9.17) is 4.98 Å². The highest BCUT2D eigenvalue weighted by Crippen LogP contribution is 2.33. The molecule has 4 heterocycles. The number of benzene rings is 3. The molecular formula is C65H85F7N4. The Bertz CT molecular complexity index is 2630. The van der Waals surface area contributed by atoms with E-state index < -0.39 is 23.6 Å². The Morgan fingerprint density at radius 1 is 0.329 bits per heavy atom. The fourth-order valence-electron chi connectivity index (χ4n) is 6.66. The van der Waals surface area contributed by atoms with Crippen LogP contribution in [0.1, 0.15) is 186 Å². The third-order valence-corrected chi connectivity index (χ3v) is 11.8. The summed E-state index contributed by atoms with van der Waals surface area (Å²) in [6.07, 6.45) is -4.15. The van der Waals surface area contributed by atoms with Gasteiger partial charge in [-0.15, -0.1) is 0 Å². The van der Waals surface area contributed by atoms with Gasteiger partial charge < -0.3 is 0 Å². The molecule has 0 spiro atoms. The Hall–Kier alpha value is -5.97. The molecule has 11 heteroatoms. The van der Waals surface area contributed by atoms with Crippen LogP contribution in [0, 0.1) is 26.6 Å². The van der Waals surface area contributed by atoms with Crippen LogP contribution in [0.2, 0.25) is 0 Å². The minimum Gasteiger partial charge on any atom is -0.260 e. The van der Waals surface area contributed by atoms with Gasteiger partial charge in [0.15, 0.2) is 0 Å². The highest BCUT2D eigenvalue weighted by molar-refractivity contribution is 5.81. The van der Waals surface area contributed by atoms with E-state index in [0.29, 0.717) is 5.56 Å². The number of halogens is 7. The first kappa shape index (κ1) is 66.1. The van der Waals surface area contributed by atoms with Crippen molar-refractivity contribution in [1.29, 1.82) is 0 Å². The molecule has 0 aliphatic heterocycles. The van der Waals surface area contributed by atoms with Crippen molar-refractivity contribution in [2.45, 2.75) is 190 Å². The molecule has 0 amide bonds. The minimum absolute atomic E-state index is 0.00764. The Morgan fingerprint density at radius 3 is 1.16 bits per heavy atom. The van der Waals surface area contributed by atoms with Crippen molar-refractivity contribution in [1.82, 2.24) is 19.9 Å². The van der Waals surface area contributed by atoms with E-state index in [0.717, 1.165) is 40.3 Å². The topological polar surface area (TPSA) is 51.6 Å². The SMILES string of the molecule is CC(C)(C)c1ccc(C(F)(F)F)nc1.CC(C)(C)c1ccc(F)cn1.CC(C)(C)c1cccc(C(F)(F)F)c1.Cc1ccc(C(C)(C)C)cc1.Cc1ccc(C(C)(C)C)nc1.Cc1cccc2ccc(C(C)(C)C)nc12. The number of aromatic nitrogens is 4. The van der Waals surface area contributed by atoms with Crippen LogP contribution in [-0.2, 0) is 44.8 Å². The average molecular weight is 1060 g/mol. The van der Waals surface area contributed by atoms with Crippen LogP contribution in [0.5, 0.6) is 0 Å². The maximum atomic E-state index is 12.4. The third kappa shape index (κ3) is 23.1. The average Bonchev–Trinajstić information content (AvgIpc) is 3.28. The number of alkyl halides is 6. The first-order chi connectivity index (χ1) is 34.4. The molecular weight excluding hydrogens is 970 g/mol. The molecule has 0 saturated carbocycles. The summed E-state index contributed by atoms with van der Waals surface area (Å²) in [4.78, 5) is 16.5. The van der Waals surface area contributed by atoms with Gasteiger partial charge in [-0.3, -0.25) is 19.9 Å². The number of pyridine rings is 4. The smallest absolute Gasteiger partial charge is 0.260 e. The number of fused-ring (bicyclic) bond motifs is 1. The second-order valence-corrected chi connectivity index (χ2v) is 25.3. The molecule has 414 valence electrons. The maximum Gasteiger partial charge on any atom is 0.433 e. The van der Waals surface area contributed by atoms with Crippen molar-refractivity contribution in [2.75, 3.05) is 0 Å². The molecule has 3 aromatic carbocycles. The second kappa shape index (κ2) is 26.4. The summed E-state index contributed by atoms with van der Waals surface area (Å²) in [5.74, 6) is -0.280. The number of aryl methyl sites for hydroxylation is 3. The van der Waals surface area contributed by atoms with Gasteiger partial charge >= 0.3 is 12.4 Å². The monoisotopic (exact) mass is 1050 g/mol. The zero-order chi connectivity index (χ0) is 58.5. The molecule has 4 aromatic heterocycles. The molecule has 4 nitrogen and oxygen atoms in total. The summed E-state index contributed by atoms with van der Waals surface area (Å²) in [6.45, 7) is 43.7. The van der Waals surface area contributed by atoms with Crippen LogP contribution in [0.15, 0.2) is 134 Å². The van der Waals surface area contributed by atoms with Gasteiger partial charge in [0.05, 0.1) is 17.3 Å². The molecule has 0 radical (unpaired) electrons. The van der Waals surface area contributed by atoms with Crippen molar-refractivity contribution in [3.8, 4) is 0 Å². The second-order valence-electron chi connectivity index (χ2n) is 25.3. The Morgan fingerprint density at radius 2 is 0.750 bits per heavy atom. The predicted molar refractivity (Wildman–Crippen MR) is 304 cm³/mol. The molecule has 0 aliphatic rings. The number of hydrogen-bond donors (Lipinski definition) is 0. The molecule has 0 N–H and O–H groups in total. The summed E-state index contributed by atoms with van der Waals surface area (Å²) in [7, 11) is 0. The van der Waals surface area contributed by atoms with Crippen molar-refractivity contribution < 1.29 is 30.7 Å². The van der Waals surface area contributed by atoms with E-state index in [1.165, 1.54) is 64.3 Å². The zero-order valence-electron chi connectivity index (χ0n) is 49.1. The number of rotatable bonds is 0. The van der Waals surface area contributed by atoms with Gasteiger partial charge in [-0.25, -0.2) is 4.39 Å². The van der Waals surface area contributed by atoms with Gasteiger partial charge in [-0.05, 0) is 101 Å². The van der Waals surface area contributed by atoms with Gasteiger partial charge in [0.2, 0.25) is 0 Å². The molecule has 76 heavy (non-hydrogen) atoms. The van der Waals surface area contributed by atoms with Crippen LogP contribution in [-0.4, -0.2) is 19.9 Å². The zero-order valence-corrected chi connectivity index (χ0v) is 49.1. The molecule has 0 aliphatic carbocycles. The van der Waals surface area contributed by atoms with Crippen molar-refractivity contribution in [3.63, 3.8) is 0 Å². The predicted octanol–water partition coefficient (Wildman–Crippen LogP) is 19.7. The molecule has 7 aromatic rings. The lowest BCUT2D eigenvalue weighted by Gasteiger charge is -2.20. The Kier molecular flexibility index (Phi) is 23.0. The van der Waals surface area contributed by atoms with Crippen molar-refractivity contribution in [3.05, 3.63) is 201 Å². The summed E-state index contributed by atoms with van der Waals surface area (Å²) in [5.41, 5.74) is 9.81. The van der Waals surface area contributed by atoms with E-state index >= 15 is 0 Å². The lowest BCUT2D eigenvalue weighted by molar-refractivity contribution is -0.141. The Balaban J connectivity index is 0.000000314. The standard InChI is InChI=1S/C14H17N.C11H13F3.C11H16.C10H12F3N.C10H15N.C9H12FN/c1-10-6-5-7-11-8-9-12(14(2,3)4)15-13(10)11;1-10(2,3)8-5-4-6-9(7-8)11(12,13)14;1-9-5-7-10(8-6-9)11(2,3)4;1-9(2,3)7-4-5-8(14-6-7)10(11,12)13;1-8-5-6-9(11-7-8)10(2,3)4;1-9(2,3)8-5-4-7(10)6-11-8/h5-9H,1-4H3;4-7H,1-3H3;5-8H,1-4H3;4-6H,1-3H3;5-7H,1-4H3;4-6H,1-3H3. The van der Waals surface area contributed by atoms with Gasteiger partial charge in [0, 0.05) is 51.1 Å². The van der Waals surface area contributed by atoms with E-state index in [1.807, 2.05) is 68.5 Å². The largest absolute Gasteiger partial charge is 0.433 e. The fourth-order valence-corrected chi connectivity index (χ4v) is 6.66. The van der Waals surface area contributed by atoms with E-state index in [9.17, 15) is 30.7 Å². The van der Waals surface area contributed by atoms with Crippen molar-refractivity contribution >= 4 is 10.9 Å². The molecule has 0 atom stereocenters. The molecule has 0 bridgehead atoms. The highest BCUT2D eigenvalue weighted by atomic mass is 19.4. The van der Waals surface area contributed by atoms with E-state index in [2.05, 4.69) is 165 Å². The summed E-state index contributed by atoms with van der Waals surface area (Å²) < 4.78 is 85.9. The molecule has 0 unspecified atom stereocenters. The first-order valence-corrected chi connectivity index (χ1v) is 25.6. The molecule has 0 fully saturated rings. The normalized spacial score (nSPS) is 12.2. The third-order valence-electron chi connectivity index (χ3n) is 11.8. The van der Waals surface area contributed by atoms with Crippen molar-refractivity contribution in [2.24, 2.45) is 0 Å². The summed E-state index contributed by atoms with van der Waals surface area (Å²) in [6, 6.07) is 34.6. The van der Waals surface area contributed by atoms with E-state index in [1.54, 1.807) is 12.1 Å². The first-order valence-electron chi connectivity index (χ1n) is 25.6. The van der Waals surface area contributed by atoms with Crippen LogP contribution < -0.4 is 0 Å². The molecule has 0 saturated heterocycles. The summed E-state index contributed by atoms with van der Waals surface area (Å²) >= 11 is 0. The summed E-state index contributed by atoms with van der Waals surface area (Å²) in [5, 5.41) is 1.23. The lowest BCUT2D eigenvalue weighted by atomic mass is 9.86. The van der Waals surface area contributed by atoms with Gasteiger partial charge in [-0.1, -0.05) is 209 Å². The number of nitrogens with zero attached hydrogens (tertiary/aromatic N) is 4. The quantitative estimate of drug-likeness (QED) is 0.142. The lowest BCUT2D eigenvalue weighted by Crippen LogP contribution is -2.14. The van der Waals surface area contributed by atoms with Gasteiger partial charge in [-0.2, -0.15) is 26.3 Å². The van der Waals surface area contributed by atoms with Crippen LogP contribution in [0.25, 0.3) is 10.9 Å². The van der Waals surface area contributed by atoms with Crippen LogP contribution in [0.4, 0.5) is 30.7 Å². The minimum atomic E-state index is -4.35. The van der Waals surface area contributed by atoms with Crippen LogP contribution >= 0.6 is 0 Å². The van der Waals surface area contributed by atoms with E-state index in [-0.39, 0.29) is 38.3 Å². The maximum absolute atomic E-state index is 12.4. The number of para-hydroxylation sites is 1. The van der Waals surface area contributed by atoms with Gasteiger partial charge in [0.1, 0.15) is 11.5 Å².